The van der Waals surface area contributed by atoms with Crippen molar-refractivity contribution in [3.05, 3.63) is 29.3 Å². The SMILES string of the molecule is O=C(C[C@H]1N=C(N2CCCCC2)NC1=O)Nc1cccc(Cl)c1. The van der Waals surface area contributed by atoms with Crippen molar-refractivity contribution in [2.45, 2.75) is 31.7 Å². The molecular weight excluding hydrogens is 316 g/mol. The van der Waals surface area contributed by atoms with Crippen LogP contribution in [0.1, 0.15) is 25.7 Å². The van der Waals surface area contributed by atoms with E-state index in [2.05, 4.69) is 20.5 Å². The zero-order valence-corrected chi connectivity index (χ0v) is 13.5. The quantitative estimate of drug-likeness (QED) is 0.888. The number of carbonyl (C=O) groups excluding carboxylic acids is 2. The Morgan fingerprint density at radius 3 is 2.87 bits per heavy atom. The summed E-state index contributed by atoms with van der Waals surface area (Å²) in [6, 6.07) is 6.24. The summed E-state index contributed by atoms with van der Waals surface area (Å²) in [6.07, 6.45) is 3.45. The molecule has 2 aliphatic heterocycles. The highest BCUT2D eigenvalue weighted by Gasteiger charge is 2.31. The molecule has 0 spiro atoms. The Hall–Kier alpha value is -2.08. The van der Waals surface area contributed by atoms with Gasteiger partial charge in [0.1, 0.15) is 6.04 Å². The van der Waals surface area contributed by atoms with Gasteiger partial charge in [-0.15, -0.1) is 0 Å². The molecule has 1 saturated heterocycles. The third kappa shape index (κ3) is 4.01. The van der Waals surface area contributed by atoms with Gasteiger partial charge in [0.25, 0.3) is 5.91 Å². The van der Waals surface area contributed by atoms with Crippen molar-refractivity contribution in [1.82, 2.24) is 10.2 Å². The first-order chi connectivity index (χ1) is 11.1. The number of hydrogen-bond acceptors (Lipinski definition) is 4. The van der Waals surface area contributed by atoms with Gasteiger partial charge >= 0.3 is 0 Å². The van der Waals surface area contributed by atoms with Crippen LogP contribution in [0.3, 0.4) is 0 Å². The third-order valence-electron chi connectivity index (χ3n) is 3.96. The minimum atomic E-state index is -0.661. The first kappa shape index (κ1) is 15.8. The van der Waals surface area contributed by atoms with E-state index in [1.165, 1.54) is 6.42 Å². The van der Waals surface area contributed by atoms with Gasteiger partial charge in [-0.2, -0.15) is 0 Å². The molecule has 2 aliphatic rings. The van der Waals surface area contributed by atoms with Crippen molar-refractivity contribution in [3.8, 4) is 0 Å². The number of benzene rings is 1. The van der Waals surface area contributed by atoms with Crippen molar-refractivity contribution >= 4 is 35.1 Å². The highest BCUT2D eigenvalue weighted by molar-refractivity contribution is 6.30. The number of likely N-dealkylation sites (tertiary alicyclic amines) is 1. The zero-order valence-electron chi connectivity index (χ0n) is 12.7. The minimum absolute atomic E-state index is 0.0235. The number of aliphatic imine (C=N–C) groups is 1. The molecule has 7 heteroatoms. The molecule has 1 fully saturated rings. The zero-order chi connectivity index (χ0) is 16.2. The molecule has 1 aromatic carbocycles. The van der Waals surface area contributed by atoms with Crippen molar-refractivity contribution in [2.75, 3.05) is 18.4 Å². The molecule has 1 atom stereocenters. The molecule has 0 aromatic heterocycles. The predicted octanol–water partition coefficient (Wildman–Crippen LogP) is 2.01. The van der Waals surface area contributed by atoms with Crippen molar-refractivity contribution in [2.24, 2.45) is 4.99 Å². The fourth-order valence-electron chi connectivity index (χ4n) is 2.79. The summed E-state index contributed by atoms with van der Waals surface area (Å²) in [7, 11) is 0. The van der Waals surface area contributed by atoms with Gasteiger partial charge < -0.3 is 10.2 Å². The summed E-state index contributed by atoms with van der Waals surface area (Å²) < 4.78 is 0. The van der Waals surface area contributed by atoms with Crippen LogP contribution in [0.5, 0.6) is 0 Å². The van der Waals surface area contributed by atoms with Crippen molar-refractivity contribution in [1.29, 1.82) is 0 Å². The lowest BCUT2D eigenvalue weighted by Gasteiger charge is -2.27. The van der Waals surface area contributed by atoms with Crippen LogP contribution >= 0.6 is 11.6 Å². The third-order valence-corrected chi connectivity index (χ3v) is 4.19. The van der Waals surface area contributed by atoms with Crippen molar-refractivity contribution < 1.29 is 9.59 Å². The van der Waals surface area contributed by atoms with Gasteiger partial charge in [0.05, 0.1) is 6.42 Å². The first-order valence-electron chi connectivity index (χ1n) is 7.81. The van der Waals surface area contributed by atoms with Crippen LogP contribution in [0.25, 0.3) is 0 Å². The molecule has 1 aromatic rings. The smallest absolute Gasteiger partial charge is 0.252 e. The first-order valence-corrected chi connectivity index (χ1v) is 8.18. The van der Waals surface area contributed by atoms with E-state index in [0.717, 1.165) is 25.9 Å². The number of guanidine groups is 1. The second-order valence-electron chi connectivity index (χ2n) is 5.77. The van der Waals surface area contributed by atoms with Crippen LogP contribution in [-0.4, -0.2) is 41.8 Å². The lowest BCUT2D eigenvalue weighted by Crippen LogP contribution is -2.43. The molecule has 0 saturated carbocycles. The van der Waals surface area contributed by atoms with Gasteiger partial charge in [0.2, 0.25) is 11.9 Å². The van der Waals surface area contributed by atoms with Gasteiger partial charge in [-0.3, -0.25) is 14.9 Å². The number of halogens is 1. The van der Waals surface area contributed by atoms with E-state index in [1.807, 2.05) is 0 Å². The summed E-state index contributed by atoms with van der Waals surface area (Å²) in [5.74, 6) is 0.137. The standard InChI is InChI=1S/C16H19ClN4O2/c17-11-5-4-6-12(9-11)18-14(22)10-13-15(23)20-16(19-13)21-7-2-1-3-8-21/h4-6,9,13H,1-3,7-8,10H2,(H,18,22)(H,19,20,23)/t13-/m1/s1. The van der Waals surface area contributed by atoms with Crippen LogP contribution in [0.4, 0.5) is 5.69 Å². The van der Waals surface area contributed by atoms with Crippen LogP contribution in [-0.2, 0) is 9.59 Å². The molecule has 122 valence electrons. The fraction of sp³-hybridized carbons (Fsp3) is 0.438. The summed E-state index contributed by atoms with van der Waals surface area (Å²) in [5.41, 5.74) is 0.612. The van der Waals surface area contributed by atoms with E-state index in [4.69, 9.17) is 11.6 Å². The molecule has 0 radical (unpaired) electrons. The molecule has 2 amide bonds. The molecule has 23 heavy (non-hydrogen) atoms. The van der Waals surface area contributed by atoms with Crippen molar-refractivity contribution in [3.63, 3.8) is 0 Å². The fourth-order valence-corrected chi connectivity index (χ4v) is 2.98. The Balaban J connectivity index is 1.59. The van der Waals surface area contributed by atoms with Gasteiger partial charge in [0, 0.05) is 23.8 Å². The number of nitrogens with one attached hydrogen (secondary N) is 2. The Kier molecular flexibility index (Phi) is 4.81. The molecule has 3 rings (SSSR count). The average Bonchev–Trinajstić information content (AvgIpc) is 2.89. The second-order valence-corrected chi connectivity index (χ2v) is 6.20. The largest absolute Gasteiger partial charge is 0.343 e. The average molecular weight is 335 g/mol. The molecule has 2 N–H and O–H groups in total. The van der Waals surface area contributed by atoms with E-state index in [9.17, 15) is 9.59 Å². The molecule has 2 heterocycles. The summed E-state index contributed by atoms with van der Waals surface area (Å²) in [6.45, 7) is 1.81. The highest BCUT2D eigenvalue weighted by Crippen LogP contribution is 2.17. The number of rotatable bonds is 3. The topological polar surface area (TPSA) is 73.8 Å². The molecule has 0 bridgehead atoms. The maximum Gasteiger partial charge on any atom is 0.252 e. The van der Waals surface area contributed by atoms with E-state index < -0.39 is 6.04 Å². The van der Waals surface area contributed by atoms with E-state index >= 15 is 0 Å². The number of amides is 2. The van der Waals surface area contributed by atoms with Gasteiger partial charge in [-0.25, -0.2) is 4.99 Å². The van der Waals surface area contributed by atoms with Gasteiger partial charge in [0.15, 0.2) is 0 Å². The second kappa shape index (κ2) is 7.00. The van der Waals surface area contributed by atoms with E-state index in [0.29, 0.717) is 16.7 Å². The van der Waals surface area contributed by atoms with E-state index in [1.54, 1.807) is 24.3 Å². The summed E-state index contributed by atoms with van der Waals surface area (Å²) in [5, 5.41) is 6.07. The number of anilines is 1. The van der Waals surface area contributed by atoms with Crippen LogP contribution in [0.2, 0.25) is 5.02 Å². The maximum absolute atomic E-state index is 12.1. The Morgan fingerprint density at radius 1 is 1.35 bits per heavy atom. The van der Waals surface area contributed by atoms with Crippen LogP contribution in [0.15, 0.2) is 29.3 Å². The summed E-state index contributed by atoms with van der Waals surface area (Å²) >= 11 is 5.88. The van der Waals surface area contributed by atoms with Gasteiger partial charge in [-0.1, -0.05) is 17.7 Å². The lowest BCUT2D eigenvalue weighted by atomic mass is 10.1. The normalized spacial score (nSPS) is 20.9. The Morgan fingerprint density at radius 2 is 2.13 bits per heavy atom. The molecule has 0 unspecified atom stereocenters. The molecular formula is C16H19ClN4O2. The lowest BCUT2D eigenvalue weighted by molar-refractivity contribution is -0.123. The van der Waals surface area contributed by atoms with Gasteiger partial charge in [-0.05, 0) is 37.5 Å². The number of nitrogens with zero attached hydrogens (tertiary/aromatic N) is 2. The van der Waals surface area contributed by atoms with Crippen LogP contribution in [0, 0.1) is 0 Å². The predicted molar refractivity (Wildman–Crippen MR) is 89.5 cm³/mol. The number of hydrogen-bond donors (Lipinski definition) is 2. The maximum atomic E-state index is 12.1. The monoisotopic (exact) mass is 334 g/mol. The molecule has 0 aliphatic carbocycles. The number of carbonyl (C=O) groups is 2. The Bertz CT molecular complexity index is 641. The Labute approximate surface area is 139 Å². The minimum Gasteiger partial charge on any atom is -0.343 e. The van der Waals surface area contributed by atoms with E-state index in [-0.39, 0.29) is 18.2 Å². The number of piperidine rings is 1. The highest BCUT2D eigenvalue weighted by atomic mass is 35.5. The van der Waals surface area contributed by atoms with Crippen LogP contribution < -0.4 is 10.6 Å². The summed E-state index contributed by atoms with van der Waals surface area (Å²) in [4.78, 5) is 30.6. The molecule has 6 nitrogen and oxygen atoms in total.